The highest BCUT2D eigenvalue weighted by atomic mass is 16.5. The summed E-state index contributed by atoms with van der Waals surface area (Å²) in [5, 5.41) is 2.91. The van der Waals surface area contributed by atoms with Crippen molar-refractivity contribution >= 4 is 11.8 Å². The number of hydrogen-bond acceptors (Lipinski definition) is 4. The first-order valence-corrected chi connectivity index (χ1v) is 10.6. The second kappa shape index (κ2) is 11.2. The lowest BCUT2D eigenvalue weighted by Gasteiger charge is -2.39. The lowest BCUT2D eigenvalue weighted by atomic mass is 10.1. The Hall–Kier alpha value is -3.02. The van der Waals surface area contributed by atoms with E-state index in [2.05, 4.69) is 29.6 Å². The molecule has 1 unspecified atom stereocenters. The minimum absolute atomic E-state index is 0.0354. The SMILES string of the molecule is COc1ccc(OC2CC(=O)N2CC(=O)NCCCCCCc2ccccc2)cc1. The molecule has 1 aliphatic heterocycles. The van der Waals surface area contributed by atoms with Crippen LogP contribution in [0.4, 0.5) is 0 Å². The lowest BCUT2D eigenvalue weighted by Crippen LogP contribution is -2.58. The number of carbonyl (C=O) groups excluding carboxylic acids is 2. The number of nitrogens with one attached hydrogen (secondary N) is 1. The Bertz CT molecular complexity index is 808. The summed E-state index contributed by atoms with van der Waals surface area (Å²) in [4.78, 5) is 25.5. The van der Waals surface area contributed by atoms with Crippen LogP contribution in [-0.2, 0) is 16.0 Å². The molecule has 2 aromatic rings. The van der Waals surface area contributed by atoms with Crippen LogP contribution in [0.3, 0.4) is 0 Å². The zero-order chi connectivity index (χ0) is 21.2. The first kappa shape index (κ1) is 21.7. The predicted molar refractivity (Wildman–Crippen MR) is 115 cm³/mol. The molecule has 1 atom stereocenters. The Morgan fingerprint density at radius 3 is 2.40 bits per heavy atom. The number of β-lactam (4-membered cyclic amide) rings is 1. The smallest absolute Gasteiger partial charge is 0.239 e. The van der Waals surface area contributed by atoms with Gasteiger partial charge in [-0.3, -0.25) is 14.5 Å². The topological polar surface area (TPSA) is 67.9 Å². The van der Waals surface area contributed by atoms with Crippen LogP contribution < -0.4 is 14.8 Å². The largest absolute Gasteiger partial charge is 0.497 e. The van der Waals surface area contributed by atoms with Crippen LogP contribution in [0.15, 0.2) is 54.6 Å². The number of nitrogens with zero attached hydrogens (tertiary/aromatic N) is 1. The maximum absolute atomic E-state index is 12.2. The molecule has 6 heteroatoms. The number of likely N-dealkylation sites (tertiary alicyclic amines) is 1. The molecule has 0 saturated carbocycles. The summed E-state index contributed by atoms with van der Waals surface area (Å²) in [5.74, 6) is 1.18. The van der Waals surface area contributed by atoms with Crippen molar-refractivity contribution in [2.75, 3.05) is 20.2 Å². The van der Waals surface area contributed by atoms with Crippen molar-refractivity contribution in [3.63, 3.8) is 0 Å². The molecule has 0 aromatic heterocycles. The summed E-state index contributed by atoms with van der Waals surface area (Å²) in [7, 11) is 1.60. The summed E-state index contributed by atoms with van der Waals surface area (Å²) < 4.78 is 10.9. The molecular formula is C24H30N2O4. The van der Waals surface area contributed by atoms with Crippen LogP contribution in [0.1, 0.15) is 37.7 Å². The van der Waals surface area contributed by atoms with Gasteiger partial charge < -0.3 is 14.8 Å². The zero-order valence-corrected chi connectivity index (χ0v) is 17.5. The molecule has 160 valence electrons. The van der Waals surface area contributed by atoms with Gasteiger partial charge >= 0.3 is 0 Å². The van der Waals surface area contributed by atoms with Gasteiger partial charge in [0.2, 0.25) is 11.8 Å². The van der Waals surface area contributed by atoms with E-state index in [0.717, 1.165) is 37.9 Å². The van der Waals surface area contributed by atoms with E-state index in [4.69, 9.17) is 9.47 Å². The Balaban J connectivity index is 1.28. The van der Waals surface area contributed by atoms with Crippen molar-refractivity contribution in [3.8, 4) is 11.5 Å². The monoisotopic (exact) mass is 410 g/mol. The molecule has 6 nitrogen and oxygen atoms in total. The van der Waals surface area contributed by atoms with Gasteiger partial charge in [-0.05, 0) is 49.1 Å². The summed E-state index contributed by atoms with van der Waals surface area (Å²) in [6.07, 6.45) is 5.33. The van der Waals surface area contributed by atoms with Crippen LogP contribution >= 0.6 is 0 Å². The third-order valence-electron chi connectivity index (χ3n) is 5.22. The third kappa shape index (κ3) is 6.51. The van der Waals surface area contributed by atoms with E-state index < -0.39 is 6.23 Å². The molecule has 3 rings (SSSR count). The van der Waals surface area contributed by atoms with Crippen molar-refractivity contribution < 1.29 is 19.1 Å². The van der Waals surface area contributed by atoms with Gasteiger partial charge in [-0.25, -0.2) is 0 Å². The van der Waals surface area contributed by atoms with Crippen LogP contribution in [0, 0.1) is 0 Å². The van der Waals surface area contributed by atoms with Crippen molar-refractivity contribution in [2.24, 2.45) is 0 Å². The molecule has 2 aromatic carbocycles. The van der Waals surface area contributed by atoms with Gasteiger partial charge in [-0.15, -0.1) is 0 Å². The molecule has 0 spiro atoms. The normalized spacial score (nSPS) is 15.4. The zero-order valence-electron chi connectivity index (χ0n) is 17.5. The molecule has 0 aliphatic carbocycles. The molecular weight excluding hydrogens is 380 g/mol. The van der Waals surface area contributed by atoms with Crippen molar-refractivity contribution in [2.45, 2.75) is 44.8 Å². The highest BCUT2D eigenvalue weighted by Crippen LogP contribution is 2.25. The predicted octanol–water partition coefficient (Wildman–Crippen LogP) is 3.55. The quantitative estimate of drug-likeness (QED) is 0.429. The van der Waals surface area contributed by atoms with E-state index in [0.29, 0.717) is 18.7 Å². The number of hydrogen-bond donors (Lipinski definition) is 1. The maximum atomic E-state index is 12.2. The highest BCUT2D eigenvalue weighted by Gasteiger charge is 2.39. The van der Waals surface area contributed by atoms with Crippen molar-refractivity contribution in [1.82, 2.24) is 10.2 Å². The first-order chi connectivity index (χ1) is 14.7. The number of rotatable bonds is 12. The van der Waals surface area contributed by atoms with Crippen LogP contribution in [0.2, 0.25) is 0 Å². The summed E-state index contributed by atoms with van der Waals surface area (Å²) in [6.45, 7) is 0.671. The number of unbranched alkanes of at least 4 members (excludes halogenated alkanes) is 3. The van der Waals surface area contributed by atoms with Gasteiger partial charge in [-0.1, -0.05) is 43.2 Å². The van der Waals surface area contributed by atoms with E-state index in [9.17, 15) is 9.59 Å². The highest BCUT2D eigenvalue weighted by molar-refractivity contribution is 5.88. The summed E-state index contributed by atoms with van der Waals surface area (Å²) in [6, 6.07) is 17.7. The maximum Gasteiger partial charge on any atom is 0.239 e. The Morgan fingerprint density at radius 1 is 1.00 bits per heavy atom. The molecule has 1 heterocycles. The van der Waals surface area contributed by atoms with Gasteiger partial charge in [0.25, 0.3) is 0 Å². The van der Waals surface area contributed by atoms with E-state index in [1.54, 1.807) is 31.4 Å². The second-order valence-corrected chi connectivity index (χ2v) is 7.47. The first-order valence-electron chi connectivity index (χ1n) is 10.6. The molecule has 2 amide bonds. The van der Waals surface area contributed by atoms with E-state index in [1.807, 2.05) is 6.07 Å². The van der Waals surface area contributed by atoms with Gasteiger partial charge in [0.15, 0.2) is 6.23 Å². The van der Waals surface area contributed by atoms with Gasteiger partial charge in [0.1, 0.15) is 18.0 Å². The number of methoxy groups -OCH3 is 1. The van der Waals surface area contributed by atoms with Crippen LogP contribution in [0.25, 0.3) is 0 Å². The average Bonchev–Trinajstić information content (AvgIpc) is 2.78. The lowest BCUT2D eigenvalue weighted by molar-refractivity contribution is -0.163. The standard InChI is InChI=1S/C24H30N2O4/c1-29-20-12-14-21(15-13-20)30-24-17-23(28)26(24)18-22(27)25-16-8-3-2-5-9-19-10-6-4-7-11-19/h4,6-7,10-15,24H,2-3,5,8-9,16-18H2,1H3,(H,25,27). The fourth-order valence-corrected chi connectivity index (χ4v) is 3.42. The van der Waals surface area contributed by atoms with Crippen LogP contribution in [0.5, 0.6) is 11.5 Å². The summed E-state index contributed by atoms with van der Waals surface area (Å²) >= 11 is 0. The Morgan fingerprint density at radius 2 is 1.70 bits per heavy atom. The third-order valence-corrected chi connectivity index (χ3v) is 5.22. The molecule has 1 saturated heterocycles. The minimum Gasteiger partial charge on any atom is -0.497 e. The Labute approximate surface area is 178 Å². The van der Waals surface area contributed by atoms with Gasteiger partial charge in [0, 0.05) is 6.54 Å². The van der Waals surface area contributed by atoms with E-state index in [1.165, 1.54) is 10.5 Å². The number of carbonyl (C=O) groups is 2. The van der Waals surface area contributed by atoms with Gasteiger partial charge in [0.05, 0.1) is 13.5 Å². The number of amides is 2. The molecule has 1 aliphatic rings. The number of benzene rings is 2. The van der Waals surface area contributed by atoms with Crippen LogP contribution in [-0.4, -0.2) is 43.1 Å². The second-order valence-electron chi connectivity index (χ2n) is 7.47. The average molecular weight is 411 g/mol. The number of ether oxygens (including phenoxy) is 2. The Kier molecular flexibility index (Phi) is 8.12. The van der Waals surface area contributed by atoms with Gasteiger partial charge in [-0.2, -0.15) is 0 Å². The molecule has 1 N–H and O–H groups in total. The fraction of sp³-hybridized carbons (Fsp3) is 0.417. The van der Waals surface area contributed by atoms with E-state index >= 15 is 0 Å². The fourth-order valence-electron chi connectivity index (χ4n) is 3.42. The minimum atomic E-state index is -0.394. The summed E-state index contributed by atoms with van der Waals surface area (Å²) in [5.41, 5.74) is 1.37. The molecule has 0 radical (unpaired) electrons. The van der Waals surface area contributed by atoms with Crippen molar-refractivity contribution in [3.05, 3.63) is 60.2 Å². The molecule has 30 heavy (non-hydrogen) atoms. The molecule has 1 fully saturated rings. The van der Waals surface area contributed by atoms with E-state index in [-0.39, 0.29) is 18.4 Å². The molecule has 0 bridgehead atoms. The van der Waals surface area contributed by atoms with Crippen molar-refractivity contribution in [1.29, 1.82) is 0 Å². The number of aryl methyl sites for hydroxylation is 1.